The lowest BCUT2D eigenvalue weighted by atomic mass is 9.99. The molecule has 0 saturated carbocycles. The summed E-state index contributed by atoms with van der Waals surface area (Å²) in [6, 6.07) is 5.57. The van der Waals surface area contributed by atoms with Crippen LogP contribution >= 0.6 is 0 Å². The first-order chi connectivity index (χ1) is 13.6. The van der Waals surface area contributed by atoms with E-state index in [0.717, 1.165) is 29.0 Å². The zero-order valence-electron chi connectivity index (χ0n) is 18.7. The molecule has 0 spiro atoms. The molecular weight excluding hydrogens is 346 g/mol. The molecule has 0 unspecified atom stereocenters. The Kier molecular flexibility index (Phi) is 13.7. The second kappa shape index (κ2) is 15.6. The summed E-state index contributed by atoms with van der Waals surface area (Å²) < 4.78 is 0. The van der Waals surface area contributed by atoms with Gasteiger partial charge in [-0.05, 0) is 18.9 Å². The maximum atomic E-state index is 11.4. The third-order valence-electron chi connectivity index (χ3n) is 5.67. The van der Waals surface area contributed by atoms with E-state index in [-0.39, 0.29) is 0 Å². The summed E-state index contributed by atoms with van der Waals surface area (Å²) in [7, 11) is 3.97. The van der Waals surface area contributed by atoms with Crippen molar-refractivity contribution in [2.45, 2.75) is 103 Å². The molecule has 0 aliphatic rings. The minimum absolute atomic E-state index is 0.336. The molecule has 3 nitrogen and oxygen atoms in total. The number of carboxylic acid groups (broad SMARTS) is 1. The van der Waals surface area contributed by atoms with E-state index in [9.17, 15) is 9.90 Å². The van der Waals surface area contributed by atoms with Crippen LogP contribution in [0, 0.1) is 0 Å². The van der Waals surface area contributed by atoms with Crippen molar-refractivity contribution in [2.24, 2.45) is 0 Å². The summed E-state index contributed by atoms with van der Waals surface area (Å²) in [4.78, 5) is 12.4. The Balaban J connectivity index is 2.09. The molecular formula is C25H43NO2. The highest BCUT2D eigenvalue weighted by Crippen LogP contribution is 2.20. The van der Waals surface area contributed by atoms with E-state index >= 15 is 0 Å². The van der Waals surface area contributed by atoms with Crippen LogP contribution in [0.15, 0.2) is 18.2 Å². The lowest BCUT2D eigenvalue weighted by molar-refractivity contribution is -0.787. The zero-order valence-corrected chi connectivity index (χ0v) is 18.7. The minimum atomic E-state index is -1.07. The van der Waals surface area contributed by atoms with Crippen LogP contribution < -0.4 is 10.0 Å². The molecule has 1 aromatic carbocycles. The third-order valence-corrected chi connectivity index (χ3v) is 5.67. The highest BCUT2D eigenvalue weighted by Gasteiger charge is 2.15. The molecule has 0 atom stereocenters. The molecule has 1 aromatic rings. The molecule has 0 saturated heterocycles. The van der Waals surface area contributed by atoms with Crippen molar-refractivity contribution in [1.82, 2.24) is 0 Å². The summed E-state index contributed by atoms with van der Waals surface area (Å²) >= 11 is 0. The van der Waals surface area contributed by atoms with Crippen LogP contribution in [0.4, 0.5) is 5.69 Å². The number of benzene rings is 1. The summed E-state index contributed by atoms with van der Waals surface area (Å²) in [6.07, 6.45) is 20.0. The standard InChI is InChI=1S/C25H43NO2/c1-4-5-6-7-8-9-10-11-12-13-14-15-16-17-19-22-20-18-21-23(25(27)28)24(22)26(2)3/h18,20-21H,4-17,19H2,1-3H3,(H,27,28). The van der Waals surface area contributed by atoms with Gasteiger partial charge >= 0.3 is 0 Å². The second-order valence-electron chi connectivity index (χ2n) is 8.47. The quantitative estimate of drug-likeness (QED) is 0.387. The van der Waals surface area contributed by atoms with E-state index in [4.69, 9.17) is 0 Å². The van der Waals surface area contributed by atoms with Crippen molar-refractivity contribution in [2.75, 3.05) is 14.1 Å². The number of quaternary nitrogens is 1. The number of aryl methyl sites for hydroxylation is 1. The maximum absolute atomic E-state index is 11.4. The normalized spacial score (nSPS) is 11.3. The first kappa shape index (κ1) is 24.7. The molecule has 3 heteroatoms. The van der Waals surface area contributed by atoms with Crippen molar-refractivity contribution >= 4 is 11.7 Å². The molecule has 0 aliphatic heterocycles. The van der Waals surface area contributed by atoms with E-state index < -0.39 is 5.97 Å². The molecule has 0 fully saturated rings. The van der Waals surface area contributed by atoms with Gasteiger partial charge in [0, 0.05) is 5.56 Å². The topological polar surface area (TPSA) is 44.6 Å². The number of aromatic carboxylic acids is 1. The average Bonchev–Trinajstić information content (AvgIpc) is 2.67. The molecule has 0 bridgehead atoms. The number of hydrogen-bond donors (Lipinski definition) is 1. The van der Waals surface area contributed by atoms with Gasteiger partial charge in [0.25, 0.3) is 0 Å². The first-order valence-electron chi connectivity index (χ1n) is 11.7. The van der Waals surface area contributed by atoms with Crippen LogP contribution in [-0.2, 0) is 6.42 Å². The molecule has 0 heterocycles. The largest absolute Gasteiger partial charge is 0.545 e. The molecule has 1 N–H and O–H groups in total. The van der Waals surface area contributed by atoms with Crippen molar-refractivity contribution in [1.29, 1.82) is 0 Å². The van der Waals surface area contributed by atoms with Crippen LogP contribution in [0.3, 0.4) is 0 Å². The molecule has 0 aliphatic carbocycles. The van der Waals surface area contributed by atoms with Gasteiger partial charge in [0.1, 0.15) is 5.69 Å². The van der Waals surface area contributed by atoms with E-state index in [1.807, 2.05) is 20.2 Å². The minimum Gasteiger partial charge on any atom is -0.545 e. The fourth-order valence-corrected chi connectivity index (χ4v) is 4.08. The monoisotopic (exact) mass is 389 g/mol. The van der Waals surface area contributed by atoms with Crippen LogP contribution in [0.25, 0.3) is 0 Å². The van der Waals surface area contributed by atoms with Gasteiger partial charge in [-0.15, -0.1) is 0 Å². The Morgan fingerprint density at radius 3 is 1.68 bits per heavy atom. The summed E-state index contributed by atoms with van der Waals surface area (Å²) in [6.45, 7) is 2.27. The van der Waals surface area contributed by atoms with Crippen molar-refractivity contribution < 1.29 is 14.8 Å². The number of nitrogens with one attached hydrogen (secondary N) is 1. The molecule has 0 radical (unpaired) electrons. The molecule has 28 heavy (non-hydrogen) atoms. The Morgan fingerprint density at radius 2 is 1.25 bits per heavy atom. The fourth-order valence-electron chi connectivity index (χ4n) is 4.08. The van der Waals surface area contributed by atoms with E-state index in [0.29, 0.717) is 5.56 Å². The number of rotatable bonds is 17. The second-order valence-corrected chi connectivity index (χ2v) is 8.47. The van der Waals surface area contributed by atoms with Crippen LogP contribution in [-0.4, -0.2) is 20.1 Å². The summed E-state index contributed by atoms with van der Waals surface area (Å²) in [5.74, 6) is -1.07. The van der Waals surface area contributed by atoms with Gasteiger partial charge in [0.2, 0.25) is 0 Å². The van der Waals surface area contributed by atoms with E-state index in [1.165, 1.54) is 83.5 Å². The van der Waals surface area contributed by atoms with Gasteiger partial charge in [0.15, 0.2) is 0 Å². The molecule has 160 valence electrons. The van der Waals surface area contributed by atoms with Gasteiger partial charge in [0.05, 0.1) is 25.6 Å². The summed E-state index contributed by atoms with van der Waals surface area (Å²) in [5.41, 5.74) is 2.38. The number of carbonyl (C=O) groups excluding carboxylic acids is 1. The predicted octanol–water partition coefficient (Wildman–Crippen LogP) is 4.85. The van der Waals surface area contributed by atoms with Crippen molar-refractivity contribution in [3.63, 3.8) is 0 Å². The first-order valence-corrected chi connectivity index (χ1v) is 11.7. The molecule has 0 aromatic heterocycles. The SMILES string of the molecule is CCCCCCCCCCCCCCCCc1cccc(C(=O)[O-])c1[NH+](C)C. The zero-order chi connectivity index (χ0) is 20.6. The smallest absolute Gasteiger partial charge is 0.143 e. The van der Waals surface area contributed by atoms with Crippen LogP contribution in [0.5, 0.6) is 0 Å². The van der Waals surface area contributed by atoms with E-state index in [2.05, 4.69) is 13.0 Å². The highest BCUT2D eigenvalue weighted by atomic mass is 16.4. The Labute approximate surface area is 173 Å². The summed E-state index contributed by atoms with van der Waals surface area (Å²) in [5, 5.41) is 11.4. The van der Waals surface area contributed by atoms with Crippen molar-refractivity contribution in [3.8, 4) is 0 Å². The lowest BCUT2D eigenvalue weighted by Crippen LogP contribution is -3.01. The number of unbranched alkanes of at least 4 members (excludes halogenated alkanes) is 13. The maximum Gasteiger partial charge on any atom is 0.143 e. The predicted molar refractivity (Wildman–Crippen MR) is 117 cm³/mol. The Bertz CT molecular complexity index is 539. The van der Waals surface area contributed by atoms with E-state index in [1.54, 1.807) is 6.07 Å². The Hall–Kier alpha value is -1.35. The van der Waals surface area contributed by atoms with Gasteiger partial charge in [-0.2, -0.15) is 0 Å². The third kappa shape index (κ3) is 10.3. The van der Waals surface area contributed by atoms with Gasteiger partial charge < -0.3 is 14.8 Å². The number of hydrogen-bond acceptors (Lipinski definition) is 2. The van der Waals surface area contributed by atoms with Crippen molar-refractivity contribution in [3.05, 3.63) is 29.3 Å². The van der Waals surface area contributed by atoms with Gasteiger partial charge in [-0.25, -0.2) is 0 Å². The van der Waals surface area contributed by atoms with Gasteiger partial charge in [-0.1, -0.05) is 103 Å². The number of carbonyl (C=O) groups is 1. The number of carboxylic acids is 1. The molecule has 1 rings (SSSR count). The molecule has 0 amide bonds. The van der Waals surface area contributed by atoms with Gasteiger partial charge in [-0.3, -0.25) is 0 Å². The Morgan fingerprint density at radius 1 is 0.786 bits per heavy atom. The van der Waals surface area contributed by atoms with Crippen LogP contribution in [0.1, 0.15) is 113 Å². The highest BCUT2D eigenvalue weighted by molar-refractivity contribution is 5.91. The fraction of sp³-hybridized carbons (Fsp3) is 0.720. The number of para-hydroxylation sites is 1. The average molecular weight is 390 g/mol. The van der Waals surface area contributed by atoms with Crippen LogP contribution in [0.2, 0.25) is 0 Å². The lowest BCUT2D eigenvalue weighted by Gasteiger charge is -2.17.